The summed E-state index contributed by atoms with van der Waals surface area (Å²) < 4.78 is 3.43. The lowest BCUT2D eigenvalue weighted by Crippen LogP contribution is -1.81. The molecule has 0 fully saturated rings. The van der Waals surface area contributed by atoms with E-state index in [1.165, 1.54) is 7.16 Å². The summed E-state index contributed by atoms with van der Waals surface area (Å²) >= 11 is 9.64. The Kier molecular flexibility index (Phi) is 2.62. The van der Waals surface area contributed by atoms with E-state index in [2.05, 4.69) is 90.4 Å². The summed E-state index contributed by atoms with van der Waals surface area (Å²) in [6, 6.07) is 0. The molecule has 0 unspecified atom stereocenters. The van der Waals surface area contributed by atoms with E-state index in [4.69, 9.17) is 0 Å². The summed E-state index contributed by atoms with van der Waals surface area (Å²) in [4.78, 5) is 0. The third-order valence-corrected chi connectivity index (χ3v) is 10.7. The molecule has 0 atom stereocenters. The Morgan fingerprint density at radius 1 is 1.00 bits per heavy atom. The molecule has 7 heavy (non-hydrogen) atoms. The van der Waals surface area contributed by atoms with E-state index in [-0.39, 0.29) is 0 Å². The lowest BCUT2D eigenvalue weighted by molar-refractivity contribution is 1.74. The smallest absolute Gasteiger partial charge is 0.0555 e. The van der Waals surface area contributed by atoms with E-state index in [0.717, 1.165) is 0 Å². The Hall–Kier alpha value is 2.66. The van der Waals surface area contributed by atoms with Crippen molar-refractivity contribution >= 4 is 90.4 Å². The van der Waals surface area contributed by atoms with Crippen molar-refractivity contribution in [1.29, 1.82) is 0 Å². The number of hydrogen-bond acceptors (Lipinski definition) is 0. The van der Waals surface area contributed by atoms with Gasteiger partial charge in [-0.05, 0) is 45.2 Å². The minimum Gasteiger partial charge on any atom is -0.0555 e. The van der Waals surface area contributed by atoms with E-state index >= 15 is 0 Å². The number of hydrogen-bond donors (Lipinski definition) is 0. The molecule has 0 saturated carbocycles. The number of alkyl halides is 2. The van der Waals surface area contributed by atoms with E-state index in [1.807, 2.05) is 0 Å². The minimum absolute atomic E-state index is 0.413. The van der Waals surface area contributed by atoms with E-state index in [9.17, 15) is 0 Å². The average molecular weight is 544 g/mol. The van der Waals surface area contributed by atoms with E-state index < -0.39 is 0 Å². The van der Waals surface area contributed by atoms with Crippen molar-refractivity contribution in [3.8, 4) is 0 Å². The predicted octanol–water partition coefficient (Wildman–Crippen LogP) is 3.65. The molecule has 0 aromatic heterocycles. The highest BCUT2D eigenvalue weighted by molar-refractivity contribution is 14.2. The van der Waals surface area contributed by atoms with Crippen molar-refractivity contribution in [1.82, 2.24) is 0 Å². The van der Waals surface area contributed by atoms with Gasteiger partial charge in [0.15, 0.2) is 0 Å². The largest absolute Gasteiger partial charge is 0.136 e. The summed E-state index contributed by atoms with van der Waals surface area (Å²) in [5.41, 5.74) is 0. The monoisotopic (exact) mass is 544 g/mol. The molecule has 40 valence electrons. The van der Waals surface area contributed by atoms with Crippen LogP contribution >= 0.6 is 90.4 Å². The number of halogens is 4. The Balaban J connectivity index is 2.69. The highest BCUT2D eigenvalue weighted by atomic mass is 127. The third-order valence-electron chi connectivity index (χ3n) is 0.682. The first-order chi connectivity index (χ1) is 3.07. The van der Waals surface area contributed by atoms with Crippen LogP contribution in [0.15, 0.2) is 7.16 Å². The standard InChI is InChI=1S/C3I4/c4-1-2(5)3(1,6)7. The van der Waals surface area contributed by atoms with Crippen LogP contribution in [0, 0.1) is 0 Å². The van der Waals surface area contributed by atoms with Crippen molar-refractivity contribution in [2.45, 2.75) is 1.43 Å². The first-order valence-electron chi connectivity index (χ1n) is 1.51. The topological polar surface area (TPSA) is 0 Å². The first-order valence-corrected chi connectivity index (χ1v) is 5.82. The van der Waals surface area contributed by atoms with Crippen LogP contribution in [-0.2, 0) is 0 Å². The van der Waals surface area contributed by atoms with E-state index in [0.29, 0.717) is 1.43 Å². The normalized spacial score (nSPS) is 25.7. The Bertz CT molecular complexity index is 120. The number of allylic oxidation sites excluding steroid dienone is 2. The van der Waals surface area contributed by atoms with Crippen LogP contribution in [-0.4, -0.2) is 1.43 Å². The van der Waals surface area contributed by atoms with Crippen molar-refractivity contribution in [2.75, 3.05) is 0 Å². The molecule has 0 N–H and O–H groups in total. The van der Waals surface area contributed by atoms with Gasteiger partial charge in [0, 0.05) is 7.16 Å². The zero-order chi connectivity index (χ0) is 5.65. The van der Waals surface area contributed by atoms with Crippen LogP contribution < -0.4 is 0 Å². The second-order valence-corrected chi connectivity index (χ2v) is 8.66. The maximum absolute atomic E-state index is 2.44. The maximum atomic E-state index is 2.44. The zero-order valence-corrected chi connectivity index (χ0v) is 11.6. The molecule has 0 aliphatic heterocycles. The van der Waals surface area contributed by atoms with Gasteiger partial charge in [-0.15, -0.1) is 0 Å². The molecular formula is C3I4. The minimum atomic E-state index is 0.413. The molecule has 0 nitrogen and oxygen atoms in total. The van der Waals surface area contributed by atoms with Crippen LogP contribution in [0.2, 0.25) is 0 Å². The molecular weight excluding hydrogens is 544 g/mol. The molecule has 0 heterocycles. The Labute approximate surface area is 96.8 Å². The molecule has 1 rings (SSSR count). The number of rotatable bonds is 0. The van der Waals surface area contributed by atoms with Gasteiger partial charge in [-0.1, -0.05) is 45.2 Å². The average Bonchev–Trinajstić information content (AvgIpc) is 1.91. The molecule has 0 amide bonds. The van der Waals surface area contributed by atoms with Gasteiger partial charge in [-0.2, -0.15) is 0 Å². The van der Waals surface area contributed by atoms with Gasteiger partial charge < -0.3 is 0 Å². The van der Waals surface area contributed by atoms with Gasteiger partial charge in [0.2, 0.25) is 0 Å². The van der Waals surface area contributed by atoms with Crippen LogP contribution in [0.3, 0.4) is 0 Å². The Morgan fingerprint density at radius 2 is 1.14 bits per heavy atom. The molecule has 1 aliphatic carbocycles. The molecule has 1 aliphatic rings. The molecule has 0 aromatic rings. The molecule has 0 saturated heterocycles. The molecule has 4 heteroatoms. The first kappa shape index (κ1) is 7.76. The predicted molar refractivity (Wildman–Crippen MR) is 65.8 cm³/mol. The summed E-state index contributed by atoms with van der Waals surface area (Å²) in [6.07, 6.45) is 0. The van der Waals surface area contributed by atoms with Gasteiger partial charge in [-0.3, -0.25) is 0 Å². The van der Waals surface area contributed by atoms with Crippen LogP contribution in [0.25, 0.3) is 0 Å². The van der Waals surface area contributed by atoms with Gasteiger partial charge in [0.1, 0.15) is 1.43 Å². The van der Waals surface area contributed by atoms with Crippen LogP contribution in [0.5, 0.6) is 0 Å². The fourth-order valence-corrected chi connectivity index (χ4v) is 4.65. The quantitative estimate of drug-likeness (QED) is 0.323. The van der Waals surface area contributed by atoms with E-state index in [1.54, 1.807) is 0 Å². The van der Waals surface area contributed by atoms with Crippen LogP contribution in [0.4, 0.5) is 0 Å². The third kappa shape index (κ3) is 1.38. The summed E-state index contributed by atoms with van der Waals surface area (Å²) in [5, 5.41) is 0. The summed E-state index contributed by atoms with van der Waals surface area (Å²) in [6.45, 7) is 0. The van der Waals surface area contributed by atoms with Crippen molar-refractivity contribution in [3.63, 3.8) is 0 Å². The molecule has 0 aromatic carbocycles. The van der Waals surface area contributed by atoms with Crippen LogP contribution in [0.1, 0.15) is 0 Å². The SMILES string of the molecule is IC1=C(I)C1(I)I. The highest BCUT2D eigenvalue weighted by Gasteiger charge is 2.46. The second kappa shape index (κ2) is 2.36. The summed E-state index contributed by atoms with van der Waals surface area (Å²) in [5.74, 6) is 0. The molecule has 0 radical (unpaired) electrons. The maximum Gasteiger partial charge on any atom is 0.136 e. The summed E-state index contributed by atoms with van der Waals surface area (Å²) in [7, 11) is 0. The van der Waals surface area contributed by atoms with Crippen molar-refractivity contribution in [3.05, 3.63) is 7.16 Å². The van der Waals surface area contributed by atoms with Crippen molar-refractivity contribution < 1.29 is 0 Å². The second-order valence-electron chi connectivity index (χ2n) is 1.20. The highest BCUT2D eigenvalue weighted by Crippen LogP contribution is 2.63. The van der Waals surface area contributed by atoms with Gasteiger partial charge in [0.25, 0.3) is 0 Å². The fraction of sp³-hybridized carbons (Fsp3) is 0.333. The lowest BCUT2D eigenvalue weighted by Gasteiger charge is -1.90. The van der Waals surface area contributed by atoms with Gasteiger partial charge >= 0.3 is 0 Å². The zero-order valence-electron chi connectivity index (χ0n) is 3.01. The Morgan fingerprint density at radius 3 is 1.14 bits per heavy atom. The van der Waals surface area contributed by atoms with Gasteiger partial charge in [-0.25, -0.2) is 0 Å². The van der Waals surface area contributed by atoms with Gasteiger partial charge in [0.05, 0.1) is 0 Å². The van der Waals surface area contributed by atoms with Crippen molar-refractivity contribution in [2.24, 2.45) is 0 Å². The lowest BCUT2D eigenvalue weighted by atomic mass is 10.9. The fourth-order valence-electron chi connectivity index (χ4n) is 0.184. The molecule has 0 spiro atoms. The molecule has 0 bridgehead atoms.